The van der Waals surface area contributed by atoms with E-state index < -0.39 is 0 Å². The first-order chi connectivity index (χ1) is 14.8. The second kappa shape index (κ2) is 8.77. The standard InChI is InChI=1S/C24H27FN4OS/c1-15-23(31-14-26-15)10-11-30-22-13-18(25)7-8-19(22)17-6-9-21-20(12-17)24(27-29(21)5)16(2)28(3)4/h6-9,12-14,16H,10-11H2,1-5H3. The average molecular weight is 439 g/mol. The Balaban J connectivity index is 1.68. The number of hydrogen-bond donors (Lipinski definition) is 0. The molecule has 2 aromatic heterocycles. The van der Waals surface area contributed by atoms with Gasteiger partial charge in [0.15, 0.2) is 0 Å². The van der Waals surface area contributed by atoms with Crippen LogP contribution >= 0.6 is 11.3 Å². The highest BCUT2D eigenvalue weighted by molar-refractivity contribution is 7.09. The van der Waals surface area contributed by atoms with Crippen LogP contribution in [0.2, 0.25) is 0 Å². The van der Waals surface area contributed by atoms with Crippen LogP contribution < -0.4 is 4.74 Å². The number of nitrogens with zero attached hydrogens (tertiary/aromatic N) is 4. The van der Waals surface area contributed by atoms with E-state index in [9.17, 15) is 4.39 Å². The molecule has 5 nitrogen and oxygen atoms in total. The van der Waals surface area contributed by atoms with Gasteiger partial charge in [-0.15, -0.1) is 11.3 Å². The van der Waals surface area contributed by atoms with E-state index in [-0.39, 0.29) is 11.9 Å². The van der Waals surface area contributed by atoms with Crippen molar-refractivity contribution in [2.75, 3.05) is 20.7 Å². The number of ether oxygens (including phenoxy) is 1. The number of hydrogen-bond acceptors (Lipinski definition) is 5. The van der Waals surface area contributed by atoms with Gasteiger partial charge in [0.25, 0.3) is 0 Å². The van der Waals surface area contributed by atoms with Crippen LogP contribution in [0.15, 0.2) is 41.9 Å². The van der Waals surface area contributed by atoms with Gasteiger partial charge in [0, 0.05) is 35.4 Å². The molecule has 0 N–H and O–H groups in total. The zero-order chi connectivity index (χ0) is 22.1. The first-order valence-electron chi connectivity index (χ1n) is 10.3. The van der Waals surface area contributed by atoms with Gasteiger partial charge >= 0.3 is 0 Å². The minimum absolute atomic E-state index is 0.172. The summed E-state index contributed by atoms with van der Waals surface area (Å²) < 4.78 is 22.0. The van der Waals surface area contributed by atoms with Crippen LogP contribution in [0, 0.1) is 12.7 Å². The molecule has 1 atom stereocenters. The summed E-state index contributed by atoms with van der Waals surface area (Å²) in [6, 6.07) is 11.1. The smallest absolute Gasteiger partial charge is 0.130 e. The molecule has 7 heteroatoms. The normalized spacial score (nSPS) is 12.6. The zero-order valence-electron chi connectivity index (χ0n) is 18.5. The highest BCUT2D eigenvalue weighted by atomic mass is 32.1. The Morgan fingerprint density at radius 1 is 1.19 bits per heavy atom. The molecule has 0 aliphatic heterocycles. The van der Waals surface area contributed by atoms with Crippen LogP contribution in [-0.2, 0) is 13.5 Å². The molecule has 0 fully saturated rings. The monoisotopic (exact) mass is 438 g/mol. The minimum atomic E-state index is -0.308. The summed E-state index contributed by atoms with van der Waals surface area (Å²) >= 11 is 1.62. The molecule has 0 saturated heterocycles. The maximum absolute atomic E-state index is 14.0. The third kappa shape index (κ3) is 4.34. The van der Waals surface area contributed by atoms with Gasteiger partial charge in [0.2, 0.25) is 0 Å². The third-order valence-electron chi connectivity index (χ3n) is 5.74. The SMILES string of the molecule is Cc1ncsc1CCOc1cc(F)ccc1-c1ccc2c(c1)c(C(C)N(C)C)nn2C. The van der Waals surface area contributed by atoms with E-state index in [0.717, 1.165) is 39.8 Å². The molecule has 0 aliphatic rings. The van der Waals surface area contributed by atoms with Crippen molar-refractivity contribution >= 4 is 22.2 Å². The minimum Gasteiger partial charge on any atom is -0.492 e. The summed E-state index contributed by atoms with van der Waals surface area (Å²) in [7, 11) is 6.05. The van der Waals surface area contributed by atoms with Gasteiger partial charge in [0.1, 0.15) is 11.6 Å². The fraction of sp³-hybridized carbons (Fsp3) is 0.333. The Morgan fingerprint density at radius 2 is 2.00 bits per heavy atom. The Morgan fingerprint density at radius 3 is 2.71 bits per heavy atom. The van der Waals surface area contributed by atoms with Crippen molar-refractivity contribution in [3.05, 3.63) is 64.0 Å². The van der Waals surface area contributed by atoms with E-state index in [0.29, 0.717) is 12.4 Å². The van der Waals surface area contributed by atoms with E-state index >= 15 is 0 Å². The maximum Gasteiger partial charge on any atom is 0.130 e. The van der Waals surface area contributed by atoms with E-state index in [4.69, 9.17) is 9.84 Å². The molecule has 2 heterocycles. The Hall–Kier alpha value is -2.77. The highest BCUT2D eigenvalue weighted by Crippen LogP contribution is 2.35. The molecule has 4 rings (SSSR count). The van der Waals surface area contributed by atoms with Gasteiger partial charge in [-0.3, -0.25) is 4.68 Å². The second-order valence-electron chi connectivity index (χ2n) is 7.98. The van der Waals surface area contributed by atoms with Crippen molar-refractivity contribution < 1.29 is 9.13 Å². The summed E-state index contributed by atoms with van der Waals surface area (Å²) in [6.07, 6.45) is 0.749. The van der Waals surface area contributed by atoms with Crippen molar-refractivity contribution in [2.45, 2.75) is 26.3 Å². The van der Waals surface area contributed by atoms with E-state index in [2.05, 4.69) is 28.9 Å². The van der Waals surface area contributed by atoms with Crippen molar-refractivity contribution in [3.63, 3.8) is 0 Å². The van der Waals surface area contributed by atoms with E-state index in [1.165, 1.54) is 17.0 Å². The van der Waals surface area contributed by atoms with Gasteiger partial charge < -0.3 is 9.64 Å². The number of aryl methyl sites for hydroxylation is 2. The van der Waals surface area contributed by atoms with Crippen molar-refractivity contribution in [3.8, 4) is 16.9 Å². The van der Waals surface area contributed by atoms with E-state index in [1.54, 1.807) is 17.4 Å². The average Bonchev–Trinajstić information content (AvgIpc) is 3.30. The van der Waals surface area contributed by atoms with Gasteiger partial charge in [-0.1, -0.05) is 6.07 Å². The zero-order valence-corrected chi connectivity index (χ0v) is 19.3. The Kier molecular flexibility index (Phi) is 6.07. The Bertz CT molecular complexity index is 1210. The number of rotatable bonds is 7. The fourth-order valence-corrected chi connectivity index (χ4v) is 4.45. The molecule has 2 aromatic carbocycles. The van der Waals surface area contributed by atoms with Gasteiger partial charge in [-0.2, -0.15) is 5.10 Å². The highest BCUT2D eigenvalue weighted by Gasteiger charge is 2.18. The summed E-state index contributed by atoms with van der Waals surface area (Å²) in [6.45, 7) is 4.61. The molecule has 0 spiro atoms. The predicted molar refractivity (Wildman–Crippen MR) is 124 cm³/mol. The maximum atomic E-state index is 14.0. The lowest BCUT2D eigenvalue weighted by atomic mass is 10.0. The van der Waals surface area contributed by atoms with Crippen LogP contribution in [-0.4, -0.2) is 40.4 Å². The largest absolute Gasteiger partial charge is 0.492 e. The van der Waals surface area contributed by atoms with Gasteiger partial charge in [-0.25, -0.2) is 9.37 Å². The molecular weight excluding hydrogens is 411 g/mol. The summed E-state index contributed by atoms with van der Waals surface area (Å²) in [5.41, 5.74) is 6.81. The van der Waals surface area contributed by atoms with Crippen molar-refractivity contribution in [1.82, 2.24) is 19.7 Å². The number of benzene rings is 2. The van der Waals surface area contributed by atoms with Crippen LogP contribution in [0.5, 0.6) is 5.75 Å². The summed E-state index contributed by atoms with van der Waals surface area (Å²) in [5.74, 6) is 0.240. The van der Waals surface area contributed by atoms with Crippen molar-refractivity contribution in [2.24, 2.45) is 7.05 Å². The first-order valence-corrected chi connectivity index (χ1v) is 11.2. The second-order valence-corrected chi connectivity index (χ2v) is 8.92. The number of fused-ring (bicyclic) bond motifs is 1. The molecular formula is C24H27FN4OS. The molecule has 4 aromatic rings. The van der Waals surface area contributed by atoms with E-state index in [1.807, 2.05) is 44.3 Å². The lowest BCUT2D eigenvalue weighted by Gasteiger charge is -2.18. The lowest BCUT2D eigenvalue weighted by Crippen LogP contribution is -2.17. The predicted octanol–water partition coefficient (Wildman–Crippen LogP) is 5.39. The summed E-state index contributed by atoms with van der Waals surface area (Å²) in [5, 5.41) is 5.84. The molecule has 0 saturated carbocycles. The molecule has 162 valence electrons. The number of thiazole rings is 1. The molecule has 1 unspecified atom stereocenters. The van der Waals surface area contributed by atoms with Crippen LogP contribution in [0.3, 0.4) is 0 Å². The van der Waals surface area contributed by atoms with Crippen molar-refractivity contribution in [1.29, 1.82) is 0 Å². The quantitative estimate of drug-likeness (QED) is 0.388. The lowest BCUT2D eigenvalue weighted by molar-refractivity contribution is 0.315. The molecule has 0 bridgehead atoms. The van der Waals surface area contributed by atoms with Gasteiger partial charge in [-0.05, 0) is 57.8 Å². The topological polar surface area (TPSA) is 43.2 Å². The van der Waals surface area contributed by atoms with Crippen LogP contribution in [0.25, 0.3) is 22.0 Å². The first kappa shape index (κ1) is 21.5. The van der Waals surface area contributed by atoms with Gasteiger partial charge in [0.05, 0.1) is 35.1 Å². The molecule has 0 aliphatic carbocycles. The fourth-order valence-electron chi connectivity index (χ4n) is 3.69. The van der Waals surface area contributed by atoms with Crippen LogP contribution in [0.4, 0.5) is 4.39 Å². The van der Waals surface area contributed by atoms with Crippen LogP contribution in [0.1, 0.15) is 29.2 Å². The number of aromatic nitrogens is 3. The third-order valence-corrected chi connectivity index (χ3v) is 6.73. The molecule has 31 heavy (non-hydrogen) atoms. The molecule has 0 amide bonds. The summed E-state index contributed by atoms with van der Waals surface area (Å²) in [4.78, 5) is 7.61. The molecule has 0 radical (unpaired) electrons. The number of halogens is 1. The Labute approximate surface area is 186 Å².